The molecule has 1 aromatic carbocycles. The Hall–Kier alpha value is -3.15. The quantitative estimate of drug-likeness (QED) is 0.672. The third-order valence-corrected chi connectivity index (χ3v) is 4.89. The SMILES string of the molecule is CCn1nc(C)c(C(C)NC(=O)Nc2ccc(-c3ccnc(C)c3)cc2)c1C. The molecular formula is C22H27N5O. The third-order valence-electron chi connectivity index (χ3n) is 4.89. The number of carbonyl (C=O) groups is 1. The number of amides is 2. The van der Waals surface area contributed by atoms with Crippen LogP contribution in [0, 0.1) is 20.8 Å². The number of nitrogens with one attached hydrogen (secondary N) is 2. The van der Waals surface area contributed by atoms with Gasteiger partial charge in [-0.05, 0) is 70.0 Å². The molecule has 0 aliphatic carbocycles. The molecule has 1 unspecified atom stereocenters. The van der Waals surface area contributed by atoms with Gasteiger partial charge in [0.25, 0.3) is 0 Å². The van der Waals surface area contributed by atoms with E-state index in [4.69, 9.17) is 0 Å². The van der Waals surface area contributed by atoms with Gasteiger partial charge in [-0.25, -0.2) is 4.79 Å². The summed E-state index contributed by atoms with van der Waals surface area (Å²) >= 11 is 0. The number of urea groups is 1. The number of aryl methyl sites for hydroxylation is 3. The number of benzene rings is 1. The molecule has 1 atom stereocenters. The molecule has 0 radical (unpaired) electrons. The van der Waals surface area contributed by atoms with Gasteiger partial charge in [0.2, 0.25) is 0 Å². The molecule has 0 saturated heterocycles. The topological polar surface area (TPSA) is 71.8 Å². The number of aromatic nitrogens is 3. The molecule has 0 aliphatic heterocycles. The molecule has 2 N–H and O–H groups in total. The summed E-state index contributed by atoms with van der Waals surface area (Å²) < 4.78 is 1.96. The van der Waals surface area contributed by atoms with Crippen molar-refractivity contribution >= 4 is 11.7 Å². The zero-order valence-electron chi connectivity index (χ0n) is 17.1. The van der Waals surface area contributed by atoms with Crippen LogP contribution in [-0.2, 0) is 6.54 Å². The van der Waals surface area contributed by atoms with Gasteiger partial charge in [0.15, 0.2) is 0 Å². The van der Waals surface area contributed by atoms with Crippen molar-refractivity contribution in [1.82, 2.24) is 20.1 Å². The first-order chi connectivity index (χ1) is 13.4. The maximum absolute atomic E-state index is 12.4. The minimum absolute atomic E-state index is 0.126. The van der Waals surface area contributed by atoms with Gasteiger partial charge in [0, 0.05) is 35.4 Å². The number of hydrogen-bond donors (Lipinski definition) is 2. The van der Waals surface area contributed by atoms with Gasteiger partial charge in [0.1, 0.15) is 0 Å². The first-order valence-electron chi connectivity index (χ1n) is 9.53. The number of nitrogens with zero attached hydrogens (tertiary/aromatic N) is 3. The zero-order chi connectivity index (χ0) is 20.3. The summed E-state index contributed by atoms with van der Waals surface area (Å²) in [6, 6.07) is 11.5. The van der Waals surface area contributed by atoms with Crippen molar-refractivity contribution in [3.8, 4) is 11.1 Å². The lowest BCUT2D eigenvalue weighted by Gasteiger charge is -2.16. The lowest BCUT2D eigenvalue weighted by atomic mass is 10.1. The van der Waals surface area contributed by atoms with Crippen LogP contribution in [0.3, 0.4) is 0 Å². The molecular weight excluding hydrogens is 350 g/mol. The standard InChI is InChI=1S/C22H27N5O/c1-6-27-17(5)21(16(4)26-27)15(3)24-22(28)25-20-9-7-18(8-10-20)19-11-12-23-14(2)13-19/h7-13,15H,6H2,1-5H3,(H2,24,25,28). The van der Waals surface area contributed by atoms with E-state index in [-0.39, 0.29) is 12.1 Å². The van der Waals surface area contributed by atoms with Crippen molar-refractivity contribution in [1.29, 1.82) is 0 Å². The van der Waals surface area contributed by atoms with Crippen LogP contribution in [-0.4, -0.2) is 20.8 Å². The van der Waals surface area contributed by atoms with Gasteiger partial charge < -0.3 is 10.6 Å². The smallest absolute Gasteiger partial charge is 0.319 e. The first kappa shape index (κ1) is 19.6. The van der Waals surface area contributed by atoms with E-state index in [0.717, 1.165) is 46.0 Å². The van der Waals surface area contributed by atoms with Crippen molar-refractivity contribution < 1.29 is 4.79 Å². The zero-order valence-corrected chi connectivity index (χ0v) is 17.1. The Morgan fingerprint density at radius 2 is 1.82 bits per heavy atom. The highest BCUT2D eigenvalue weighted by atomic mass is 16.2. The average molecular weight is 377 g/mol. The Labute approximate surface area is 166 Å². The molecule has 2 amide bonds. The second-order valence-electron chi connectivity index (χ2n) is 6.98. The van der Waals surface area contributed by atoms with Crippen LogP contribution in [0.4, 0.5) is 10.5 Å². The molecule has 3 rings (SSSR count). The van der Waals surface area contributed by atoms with Crippen LogP contribution < -0.4 is 10.6 Å². The summed E-state index contributed by atoms with van der Waals surface area (Å²) in [5.41, 5.74) is 7.02. The predicted molar refractivity (Wildman–Crippen MR) is 112 cm³/mol. The van der Waals surface area contributed by atoms with Crippen LogP contribution in [0.1, 0.15) is 42.5 Å². The molecule has 2 aromatic heterocycles. The molecule has 146 valence electrons. The van der Waals surface area contributed by atoms with Crippen molar-refractivity contribution in [2.75, 3.05) is 5.32 Å². The van der Waals surface area contributed by atoms with Crippen molar-refractivity contribution in [3.05, 3.63) is 65.2 Å². The normalized spacial score (nSPS) is 11.9. The molecule has 28 heavy (non-hydrogen) atoms. The number of pyridine rings is 1. The number of hydrogen-bond acceptors (Lipinski definition) is 3. The van der Waals surface area contributed by atoms with Gasteiger partial charge in [-0.15, -0.1) is 0 Å². The van der Waals surface area contributed by atoms with Crippen LogP contribution in [0.15, 0.2) is 42.6 Å². The third kappa shape index (κ3) is 4.22. The first-order valence-corrected chi connectivity index (χ1v) is 9.53. The van der Waals surface area contributed by atoms with Crippen LogP contribution >= 0.6 is 0 Å². The van der Waals surface area contributed by atoms with Crippen molar-refractivity contribution in [2.45, 2.75) is 47.2 Å². The van der Waals surface area contributed by atoms with Crippen LogP contribution in [0.2, 0.25) is 0 Å². The average Bonchev–Trinajstić information content (AvgIpc) is 2.95. The summed E-state index contributed by atoms with van der Waals surface area (Å²) in [5, 5.41) is 10.4. The van der Waals surface area contributed by atoms with Gasteiger partial charge in [-0.3, -0.25) is 9.67 Å². The fourth-order valence-corrected chi connectivity index (χ4v) is 3.55. The highest BCUT2D eigenvalue weighted by Gasteiger charge is 2.18. The molecule has 0 fully saturated rings. The van der Waals surface area contributed by atoms with Gasteiger partial charge >= 0.3 is 6.03 Å². The predicted octanol–water partition coefficient (Wildman–Crippen LogP) is 4.77. The Morgan fingerprint density at radius 1 is 1.11 bits per heavy atom. The van der Waals surface area contributed by atoms with E-state index >= 15 is 0 Å². The monoisotopic (exact) mass is 377 g/mol. The number of anilines is 1. The lowest BCUT2D eigenvalue weighted by molar-refractivity contribution is 0.249. The van der Waals surface area contributed by atoms with E-state index in [1.807, 2.05) is 68.8 Å². The summed E-state index contributed by atoms with van der Waals surface area (Å²) in [6.45, 7) is 10.8. The Morgan fingerprint density at radius 3 is 2.43 bits per heavy atom. The number of carbonyl (C=O) groups excluding carboxylic acids is 1. The second-order valence-corrected chi connectivity index (χ2v) is 6.98. The van der Waals surface area contributed by atoms with Gasteiger partial charge in [-0.2, -0.15) is 5.10 Å². The van der Waals surface area contributed by atoms with Crippen molar-refractivity contribution in [2.24, 2.45) is 0 Å². The second kappa shape index (κ2) is 8.25. The maximum Gasteiger partial charge on any atom is 0.319 e. The molecule has 2 heterocycles. The van der Waals surface area contributed by atoms with Gasteiger partial charge in [0.05, 0.1) is 11.7 Å². The Kier molecular flexibility index (Phi) is 5.78. The van der Waals surface area contributed by atoms with E-state index in [1.54, 1.807) is 6.20 Å². The molecule has 0 bridgehead atoms. The minimum Gasteiger partial charge on any atom is -0.331 e. The summed E-state index contributed by atoms with van der Waals surface area (Å²) in [6.07, 6.45) is 1.80. The Balaban J connectivity index is 1.66. The van der Waals surface area contributed by atoms with E-state index < -0.39 is 0 Å². The molecule has 0 aliphatic rings. The Bertz CT molecular complexity index is 975. The minimum atomic E-state index is -0.233. The van der Waals surface area contributed by atoms with Crippen LogP contribution in [0.25, 0.3) is 11.1 Å². The maximum atomic E-state index is 12.4. The highest BCUT2D eigenvalue weighted by Crippen LogP contribution is 2.23. The lowest BCUT2D eigenvalue weighted by Crippen LogP contribution is -2.31. The molecule has 0 spiro atoms. The summed E-state index contributed by atoms with van der Waals surface area (Å²) in [4.78, 5) is 16.7. The van der Waals surface area contributed by atoms with Gasteiger partial charge in [-0.1, -0.05) is 12.1 Å². The molecule has 0 saturated carbocycles. The fraction of sp³-hybridized carbons (Fsp3) is 0.318. The molecule has 3 aromatic rings. The van der Waals surface area contributed by atoms with Crippen LogP contribution in [0.5, 0.6) is 0 Å². The number of rotatable bonds is 5. The van der Waals surface area contributed by atoms with Crippen molar-refractivity contribution in [3.63, 3.8) is 0 Å². The summed E-state index contributed by atoms with van der Waals surface area (Å²) in [5.74, 6) is 0. The van der Waals surface area contributed by atoms with E-state index in [0.29, 0.717) is 0 Å². The molecule has 6 heteroatoms. The van der Waals surface area contributed by atoms with E-state index in [2.05, 4.69) is 27.6 Å². The van der Waals surface area contributed by atoms with E-state index in [9.17, 15) is 4.79 Å². The van der Waals surface area contributed by atoms with E-state index in [1.165, 1.54) is 0 Å². The largest absolute Gasteiger partial charge is 0.331 e. The fourth-order valence-electron chi connectivity index (χ4n) is 3.55. The molecule has 6 nitrogen and oxygen atoms in total. The summed E-state index contributed by atoms with van der Waals surface area (Å²) in [7, 11) is 0. The highest BCUT2D eigenvalue weighted by molar-refractivity contribution is 5.89.